The lowest BCUT2D eigenvalue weighted by Gasteiger charge is -2.14. The number of amides is 1. The van der Waals surface area contributed by atoms with Gasteiger partial charge in [0.05, 0.1) is 11.6 Å². The third-order valence-electron chi connectivity index (χ3n) is 4.76. The molecule has 0 unspecified atom stereocenters. The van der Waals surface area contributed by atoms with Crippen molar-refractivity contribution in [1.82, 2.24) is 5.32 Å². The van der Waals surface area contributed by atoms with Crippen LogP contribution in [0.15, 0.2) is 72.8 Å². The molecule has 0 fully saturated rings. The Morgan fingerprint density at radius 2 is 1.54 bits per heavy atom. The van der Waals surface area contributed by atoms with Crippen molar-refractivity contribution in [3.05, 3.63) is 94.5 Å². The van der Waals surface area contributed by atoms with Crippen molar-refractivity contribution in [2.75, 3.05) is 13.2 Å². The summed E-state index contributed by atoms with van der Waals surface area (Å²) in [6, 6.07) is 23.8. The Morgan fingerprint density at radius 3 is 2.21 bits per heavy atom. The average Bonchev–Trinajstić information content (AvgIpc) is 3.05. The van der Waals surface area contributed by atoms with E-state index >= 15 is 0 Å². The van der Waals surface area contributed by atoms with E-state index in [4.69, 9.17) is 16.3 Å². The highest BCUT2D eigenvalue weighted by Gasteiger charge is 2.28. The average molecular weight is 388 g/mol. The molecule has 3 aromatic rings. The maximum atomic E-state index is 12.1. The molecule has 1 amide bonds. The summed E-state index contributed by atoms with van der Waals surface area (Å²) in [4.78, 5) is 12.1. The van der Waals surface area contributed by atoms with Gasteiger partial charge in [-0.2, -0.15) is 0 Å². The van der Waals surface area contributed by atoms with E-state index in [9.17, 15) is 4.79 Å². The zero-order valence-corrected chi connectivity index (χ0v) is 15.9. The third kappa shape index (κ3) is 3.74. The summed E-state index contributed by atoms with van der Waals surface area (Å²) in [5.74, 6) is 5.87. The first-order valence-electron chi connectivity index (χ1n) is 9.06. The van der Waals surface area contributed by atoms with E-state index in [0.29, 0.717) is 5.02 Å². The normalized spacial score (nSPS) is 11.8. The van der Waals surface area contributed by atoms with Gasteiger partial charge in [0, 0.05) is 11.5 Å². The molecule has 4 heteroatoms. The molecular weight excluding hydrogens is 370 g/mol. The number of ether oxygens (including phenoxy) is 1. The van der Waals surface area contributed by atoms with Gasteiger partial charge in [-0.25, -0.2) is 4.79 Å². The second kappa shape index (κ2) is 8.21. The van der Waals surface area contributed by atoms with Crippen LogP contribution in [0.25, 0.3) is 11.1 Å². The molecule has 0 heterocycles. The lowest BCUT2D eigenvalue weighted by Crippen LogP contribution is -2.26. The van der Waals surface area contributed by atoms with Gasteiger partial charge in [-0.05, 0) is 34.4 Å². The topological polar surface area (TPSA) is 38.3 Å². The molecule has 1 aliphatic rings. The number of hydrogen-bond acceptors (Lipinski definition) is 2. The molecule has 138 valence electrons. The SMILES string of the molecule is O=C(NCC#Cc1ccccc1Cl)OCC1c2ccccc2-c2ccccc21. The van der Waals surface area contributed by atoms with Crippen LogP contribution in [0.2, 0.25) is 5.02 Å². The molecule has 1 aliphatic carbocycles. The lowest BCUT2D eigenvalue weighted by atomic mass is 9.98. The van der Waals surface area contributed by atoms with E-state index < -0.39 is 6.09 Å². The molecule has 3 aromatic carbocycles. The summed E-state index contributed by atoms with van der Waals surface area (Å²) in [6.07, 6.45) is -0.477. The second-order valence-electron chi connectivity index (χ2n) is 6.46. The van der Waals surface area contributed by atoms with Crippen LogP contribution in [0.1, 0.15) is 22.6 Å². The van der Waals surface area contributed by atoms with E-state index in [1.54, 1.807) is 6.07 Å². The summed E-state index contributed by atoms with van der Waals surface area (Å²) < 4.78 is 5.47. The molecule has 4 rings (SSSR count). The largest absolute Gasteiger partial charge is 0.449 e. The smallest absolute Gasteiger partial charge is 0.407 e. The number of carbonyl (C=O) groups is 1. The number of halogens is 1. The van der Waals surface area contributed by atoms with Gasteiger partial charge in [0.25, 0.3) is 0 Å². The van der Waals surface area contributed by atoms with Crippen molar-refractivity contribution in [3.8, 4) is 23.0 Å². The Balaban J connectivity index is 1.36. The minimum absolute atomic E-state index is 0.0485. The van der Waals surface area contributed by atoms with Gasteiger partial charge in [0.2, 0.25) is 0 Å². The first-order chi connectivity index (χ1) is 13.7. The van der Waals surface area contributed by atoms with Crippen LogP contribution >= 0.6 is 11.6 Å². The van der Waals surface area contributed by atoms with Crippen LogP contribution < -0.4 is 5.32 Å². The fourth-order valence-electron chi connectivity index (χ4n) is 3.47. The molecule has 0 aromatic heterocycles. The van der Waals surface area contributed by atoms with E-state index in [0.717, 1.165) is 5.56 Å². The Labute approximate surface area is 169 Å². The van der Waals surface area contributed by atoms with E-state index in [1.165, 1.54) is 22.3 Å². The molecule has 0 spiro atoms. The Hall–Kier alpha value is -3.22. The van der Waals surface area contributed by atoms with Crippen molar-refractivity contribution in [3.63, 3.8) is 0 Å². The van der Waals surface area contributed by atoms with Crippen molar-refractivity contribution in [1.29, 1.82) is 0 Å². The van der Waals surface area contributed by atoms with Crippen molar-refractivity contribution in [2.24, 2.45) is 0 Å². The van der Waals surface area contributed by atoms with Crippen LogP contribution in [0.5, 0.6) is 0 Å². The first-order valence-corrected chi connectivity index (χ1v) is 9.44. The molecule has 0 radical (unpaired) electrons. The fraction of sp³-hybridized carbons (Fsp3) is 0.125. The van der Waals surface area contributed by atoms with Crippen LogP contribution in [0.4, 0.5) is 4.79 Å². The minimum Gasteiger partial charge on any atom is -0.449 e. The minimum atomic E-state index is -0.477. The highest BCUT2D eigenvalue weighted by atomic mass is 35.5. The zero-order chi connectivity index (χ0) is 19.3. The zero-order valence-electron chi connectivity index (χ0n) is 15.1. The fourth-order valence-corrected chi connectivity index (χ4v) is 3.65. The summed E-state index contributed by atoms with van der Waals surface area (Å²) in [7, 11) is 0. The number of carbonyl (C=O) groups excluding carboxylic acids is 1. The molecular formula is C24H18ClNO2. The number of rotatable bonds is 3. The van der Waals surface area contributed by atoms with Gasteiger partial charge in [-0.3, -0.25) is 0 Å². The molecule has 1 N–H and O–H groups in total. The van der Waals surface area contributed by atoms with E-state index in [1.807, 2.05) is 42.5 Å². The number of hydrogen-bond donors (Lipinski definition) is 1. The molecule has 28 heavy (non-hydrogen) atoms. The summed E-state index contributed by atoms with van der Waals surface area (Å²) in [5.41, 5.74) is 5.53. The molecule has 0 saturated carbocycles. The van der Waals surface area contributed by atoms with Gasteiger partial charge in [-0.15, -0.1) is 0 Å². The number of alkyl carbamates (subject to hydrolysis) is 1. The van der Waals surface area contributed by atoms with E-state index in [-0.39, 0.29) is 19.1 Å². The second-order valence-corrected chi connectivity index (χ2v) is 6.87. The predicted octanol–water partition coefficient (Wildman–Crippen LogP) is 5.23. The molecule has 3 nitrogen and oxygen atoms in total. The van der Waals surface area contributed by atoms with Crippen LogP contribution in [0.3, 0.4) is 0 Å². The summed E-state index contributed by atoms with van der Waals surface area (Å²) in [6.45, 7) is 0.486. The molecule has 0 aliphatic heterocycles. The van der Waals surface area contributed by atoms with Crippen molar-refractivity contribution in [2.45, 2.75) is 5.92 Å². The van der Waals surface area contributed by atoms with Gasteiger partial charge in [0.15, 0.2) is 0 Å². The summed E-state index contributed by atoms with van der Waals surface area (Å²) >= 11 is 6.06. The van der Waals surface area contributed by atoms with Gasteiger partial charge in [0.1, 0.15) is 6.61 Å². The molecule has 0 saturated heterocycles. The first kappa shape index (κ1) is 18.2. The monoisotopic (exact) mass is 387 g/mol. The van der Waals surface area contributed by atoms with Crippen LogP contribution in [0, 0.1) is 11.8 Å². The Morgan fingerprint density at radius 1 is 0.929 bits per heavy atom. The number of benzene rings is 3. The highest BCUT2D eigenvalue weighted by molar-refractivity contribution is 6.31. The van der Waals surface area contributed by atoms with Gasteiger partial charge < -0.3 is 10.1 Å². The van der Waals surface area contributed by atoms with Crippen molar-refractivity contribution >= 4 is 17.7 Å². The molecule has 0 atom stereocenters. The maximum Gasteiger partial charge on any atom is 0.407 e. The Kier molecular flexibility index (Phi) is 5.32. The Bertz CT molecular complexity index is 1040. The van der Waals surface area contributed by atoms with E-state index in [2.05, 4.69) is 41.4 Å². The van der Waals surface area contributed by atoms with Crippen molar-refractivity contribution < 1.29 is 9.53 Å². The number of nitrogens with one attached hydrogen (secondary N) is 1. The highest BCUT2D eigenvalue weighted by Crippen LogP contribution is 2.44. The standard InChI is InChI=1S/C24H18ClNO2/c25-23-14-6-1-8-17(23)9-7-15-26-24(27)28-16-22-20-12-4-2-10-18(20)19-11-3-5-13-21(19)22/h1-6,8,10-14,22H,15-16H2,(H,26,27). The quantitative estimate of drug-likeness (QED) is 0.625. The van der Waals surface area contributed by atoms with Gasteiger partial charge >= 0.3 is 6.09 Å². The predicted molar refractivity (Wildman–Crippen MR) is 111 cm³/mol. The van der Waals surface area contributed by atoms with Crippen LogP contribution in [-0.4, -0.2) is 19.2 Å². The number of fused-ring (bicyclic) bond motifs is 3. The third-order valence-corrected chi connectivity index (χ3v) is 5.09. The lowest BCUT2D eigenvalue weighted by molar-refractivity contribution is 0.144. The van der Waals surface area contributed by atoms with Gasteiger partial charge in [-0.1, -0.05) is 84.1 Å². The summed E-state index contributed by atoms with van der Waals surface area (Å²) in [5, 5.41) is 3.26. The maximum absolute atomic E-state index is 12.1. The molecule has 0 bridgehead atoms. The van der Waals surface area contributed by atoms with Crippen LogP contribution in [-0.2, 0) is 4.74 Å².